The molecule has 1 aliphatic heterocycles. The number of hydrogen-bond donors (Lipinski definition) is 5. The summed E-state index contributed by atoms with van der Waals surface area (Å²) in [4.78, 5) is 0. The first-order valence-electron chi connectivity index (χ1n) is 9.28. The van der Waals surface area contributed by atoms with Crippen molar-refractivity contribution in [2.45, 2.75) is 43.4 Å². The van der Waals surface area contributed by atoms with Crippen molar-refractivity contribution in [1.29, 1.82) is 0 Å². The summed E-state index contributed by atoms with van der Waals surface area (Å²) >= 11 is 0. The summed E-state index contributed by atoms with van der Waals surface area (Å²) in [6.07, 6.45) is -4.57. The monoisotopic (exact) mass is 388 g/mol. The molecule has 2 aromatic rings. The molecule has 7 nitrogen and oxygen atoms in total. The van der Waals surface area contributed by atoms with Gasteiger partial charge in [0.1, 0.15) is 42.0 Å². The molecule has 5 atom stereocenters. The lowest BCUT2D eigenvalue weighted by molar-refractivity contribution is -0.231. The molecule has 0 aromatic heterocycles. The highest BCUT2D eigenvalue weighted by Crippen LogP contribution is 2.44. The lowest BCUT2D eigenvalue weighted by Crippen LogP contribution is -2.55. The van der Waals surface area contributed by atoms with Crippen LogP contribution in [0.4, 0.5) is 0 Å². The normalized spacial score (nSPS) is 29.1. The molecule has 1 saturated heterocycles. The van der Waals surface area contributed by atoms with E-state index in [1.54, 1.807) is 25.3 Å². The van der Waals surface area contributed by atoms with Crippen molar-refractivity contribution in [2.24, 2.45) is 0 Å². The van der Waals surface area contributed by atoms with Crippen LogP contribution >= 0.6 is 0 Å². The van der Waals surface area contributed by atoms with Gasteiger partial charge < -0.3 is 35.0 Å². The first-order valence-corrected chi connectivity index (χ1v) is 9.28. The average Bonchev–Trinajstić information content (AvgIpc) is 2.71. The van der Waals surface area contributed by atoms with Gasteiger partial charge in [0.2, 0.25) is 0 Å². The molecule has 0 saturated carbocycles. The van der Waals surface area contributed by atoms with E-state index >= 15 is 0 Å². The maximum absolute atomic E-state index is 10.4. The van der Waals surface area contributed by atoms with Crippen LogP contribution < -0.4 is 4.74 Å². The van der Waals surface area contributed by atoms with E-state index in [-0.39, 0.29) is 5.75 Å². The van der Waals surface area contributed by atoms with Crippen LogP contribution in [-0.2, 0) is 17.6 Å². The second-order valence-corrected chi connectivity index (χ2v) is 7.35. The molecule has 28 heavy (non-hydrogen) atoms. The fraction of sp³-hybridized carbons (Fsp3) is 0.429. The van der Waals surface area contributed by atoms with Crippen molar-refractivity contribution < 1.29 is 35.0 Å². The zero-order valence-corrected chi connectivity index (χ0v) is 15.4. The molecule has 2 aliphatic rings. The summed E-state index contributed by atoms with van der Waals surface area (Å²) in [5.41, 5.74) is 4.55. The molecule has 0 amide bonds. The van der Waals surface area contributed by atoms with Gasteiger partial charge in [-0.2, -0.15) is 0 Å². The van der Waals surface area contributed by atoms with Gasteiger partial charge in [0.05, 0.1) is 13.7 Å². The van der Waals surface area contributed by atoms with E-state index in [2.05, 4.69) is 0 Å². The molecule has 0 spiro atoms. The molecule has 1 heterocycles. The summed E-state index contributed by atoms with van der Waals surface area (Å²) in [6, 6.07) is 8.90. The minimum Gasteiger partial charge on any atom is -0.508 e. The maximum Gasteiger partial charge on any atom is 0.127 e. The SMILES string of the molecule is COc1cc(C2OC(CO)C(O)C(O)C2O)cc2c1-c1ccc(O)cc1CC2. The van der Waals surface area contributed by atoms with E-state index in [4.69, 9.17) is 9.47 Å². The number of aryl methyl sites for hydroxylation is 2. The van der Waals surface area contributed by atoms with Crippen molar-refractivity contribution in [2.75, 3.05) is 13.7 Å². The van der Waals surface area contributed by atoms with Gasteiger partial charge in [-0.3, -0.25) is 0 Å². The third kappa shape index (κ3) is 3.05. The van der Waals surface area contributed by atoms with Crippen LogP contribution in [0, 0.1) is 0 Å². The van der Waals surface area contributed by atoms with Crippen LogP contribution in [0.1, 0.15) is 22.8 Å². The molecule has 1 aliphatic carbocycles. The highest BCUT2D eigenvalue weighted by molar-refractivity contribution is 5.79. The van der Waals surface area contributed by atoms with Gasteiger partial charge >= 0.3 is 0 Å². The largest absolute Gasteiger partial charge is 0.508 e. The Morgan fingerprint density at radius 1 is 1.00 bits per heavy atom. The van der Waals surface area contributed by atoms with Crippen LogP contribution in [-0.4, -0.2) is 63.7 Å². The summed E-state index contributed by atoms with van der Waals surface area (Å²) in [5.74, 6) is 0.815. The lowest BCUT2D eigenvalue weighted by Gasteiger charge is -2.40. The Bertz CT molecular complexity index is 862. The molecule has 0 bridgehead atoms. The van der Waals surface area contributed by atoms with Crippen molar-refractivity contribution >= 4 is 0 Å². The quantitative estimate of drug-likeness (QED) is 0.525. The fourth-order valence-electron chi connectivity index (χ4n) is 4.20. The second kappa shape index (κ2) is 7.35. The number of ether oxygens (including phenoxy) is 2. The van der Waals surface area contributed by atoms with Gasteiger partial charge in [-0.1, -0.05) is 12.1 Å². The number of phenols is 1. The van der Waals surface area contributed by atoms with E-state index in [1.165, 1.54) is 0 Å². The number of fused-ring (bicyclic) bond motifs is 3. The second-order valence-electron chi connectivity index (χ2n) is 7.35. The van der Waals surface area contributed by atoms with Gasteiger partial charge in [-0.05, 0) is 53.3 Å². The molecule has 150 valence electrons. The summed E-state index contributed by atoms with van der Waals surface area (Å²) in [7, 11) is 1.56. The maximum atomic E-state index is 10.4. The number of aromatic hydroxyl groups is 1. The number of aliphatic hydroxyl groups excluding tert-OH is 4. The Kier molecular flexibility index (Phi) is 5.03. The first kappa shape index (κ1) is 19.2. The van der Waals surface area contributed by atoms with E-state index in [0.29, 0.717) is 17.7 Å². The van der Waals surface area contributed by atoms with Gasteiger partial charge in [-0.15, -0.1) is 0 Å². The highest BCUT2D eigenvalue weighted by Gasteiger charge is 2.44. The summed E-state index contributed by atoms with van der Waals surface area (Å²) < 4.78 is 11.3. The molecular formula is C21H24O7. The Hall–Kier alpha value is -2.16. The Morgan fingerprint density at radius 3 is 2.46 bits per heavy atom. The smallest absolute Gasteiger partial charge is 0.127 e. The van der Waals surface area contributed by atoms with E-state index in [1.807, 2.05) is 12.1 Å². The molecule has 1 fully saturated rings. The molecule has 2 aromatic carbocycles. The molecule has 4 rings (SSSR count). The Balaban J connectivity index is 1.78. The number of phenolic OH excluding ortho intramolecular Hbond substituents is 1. The third-order valence-electron chi connectivity index (χ3n) is 5.67. The van der Waals surface area contributed by atoms with E-state index in [0.717, 1.165) is 28.7 Å². The van der Waals surface area contributed by atoms with Crippen molar-refractivity contribution in [3.05, 3.63) is 47.0 Å². The van der Waals surface area contributed by atoms with Gasteiger partial charge in [0.15, 0.2) is 0 Å². The molecule has 5 N–H and O–H groups in total. The number of methoxy groups -OCH3 is 1. The fourth-order valence-corrected chi connectivity index (χ4v) is 4.20. The van der Waals surface area contributed by atoms with Gasteiger partial charge in [-0.25, -0.2) is 0 Å². The van der Waals surface area contributed by atoms with Crippen LogP contribution in [0.25, 0.3) is 11.1 Å². The van der Waals surface area contributed by atoms with E-state index < -0.39 is 37.1 Å². The van der Waals surface area contributed by atoms with Gasteiger partial charge in [0.25, 0.3) is 0 Å². The molecule has 0 radical (unpaired) electrons. The van der Waals surface area contributed by atoms with Crippen molar-refractivity contribution in [1.82, 2.24) is 0 Å². The zero-order chi connectivity index (χ0) is 20.0. The minimum absolute atomic E-state index is 0.221. The summed E-state index contributed by atoms with van der Waals surface area (Å²) in [5, 5.41) is 49.7. The minimum atomic E-state index is -1.43. The predicted octanol–water partition coefficient (Wildman–Crippen LogP) is 0.681. The van der Waals surface area contributed by atoms with Crippen LogP contribution in [0.5, 0.6) is 11.5 Å². The number of hydrogen-bond acceptors (Lipinski definition) is 7. The third-order valence-corrected chi connectivity index (χ3v) is 5.67. The van der Waals surface area contributed by atoms with Crippen LogP contribution in [0.15, 0.2) is 30.3 Å². The molecule has 5 unspecified atom stereocenters. The Labute approximate surface area is 162 Å². The van der Waals surface area contributed by atoms with Crippen LogP contribution in [0.3, 0.4) is 0 Å². The molecule has 7 heteroatoms. The number of rotatable bonds is 3. The Morgan fingerprint density at radius 2 is 1.75 bits per heavy atom. The first-order chi connectivity index (χ1) is 13.4. The summed E-state index contributed by atoms with van der Waals surface area (Å²) in [6.45, 7) is -0.472. The lowest BCUT2D eigenvalue weighted by atomic mass is 9.82. The van der Waals surface area contributed by atoms with Crippen molar-refractivity contribution in [3.8, 4) is 22.6 Å². The van der Waals surface area contributed by atoms with E-state index in [9.17, 15) is 25.5 Å². The average molecular weight is 388 g/mol. The standard InChI is InChI=1S/C21H24O7/c1-27-15-8-12(21-20(26)19(25)18(24)16(9-22)28-21)6-11-3-2-10-7-13(23)4-5-14(10)17(11)15/h4-8,16,18-26H,2-3,9H2,1H3. The number of aliphatic hydroxyl groups is 4. The predicted molar refractivity (Wildman–Crippen MR) is 100 cm³/mol. The van der Waals surface area contributed by atoms with Crippen LogP contribution in [0.2, 0.25) is 0 Å². The topological polar surface area (TPSA) is 120 Å². The molecular weight excluding hydrogens is 364 g/mol. The zero-order valence-electron chi connectivity index (χ0n) is 15.4. The highest BCUT2D eigenvalue weighted by atomic mass is 16.5. The van der Waals surface area contributed by atoms with Gasteiger partial charge in [0, 0.05) is 5.56 Å². The van der Waals surface area contributed by atoms with Crippen molar-refractivity contribution in [3.63, 3.8) is 0 Å². The number of benzene rings is 2.